The summed E-state index contributed by atoms with van der Waals surface area (Å²) in [7, 11) is 0. The molecule has 1 heterocycles. The number of aromatic nitrogens is 2. The molecule has 0 spiro atoms. The van der Waals surface area contributed by atoms with Gasteiger partial charge in [-0.05, 0) is 42.0 Å². The van der Waals surface area contributed by atoms with Gasteiger partial charge in [0.25, 0.3) is 11.3 Å². The summed E-state index contributed by atoms with van der Waals surface area (Å²) in [5, 5.41) is 2.71. The number of carbonyl (C=O) groups excluding carboxylic acids is 2. The van der Waals surface area contributed by atoms with Crippen molar-refractivity contribution in [2.45, 2.75) is 19.6 Å². The van der Waals surface area contributed by atoms with Crippen LogP contribution in [0.3, 0.4) is 0 Å². The number of alkyl halides is 3. The number of H-pyrrole nitrogens is 1. The van der Waals surface area contributed by atoms with Crippen LogP contribution in [0.15, 0.2) is 47.3 Å². The van der Waals surface area contributed by atoms with Crippen molar-refractivity contribution in [2.24, 2.45) is 0 Å². The van der Waals surface area contributed by atoms with Crippen LogP contribution in [0.25, 0.3) is 10.9 Å². The molecule has 32 heavy (non-hydrogen) atoms. The number of hydrogen-bond donors (Lipinski definition) is 2. The number of nitrogens with zero attached hydrogens (tertiary/aromatic N) is 2. The third-order valence-electron chi connectivity index (χ3n) is 4.47. The number of ketones is 1. The Morgan fingerprint density at radius 3 is 2.47 bits per heavy atom. The molecule has 7 nitrogen and oxygen atoms in total. The lowest BCUT2D eigenvalue weighted by Crippen LogP contribution is -2.24. The van der Waals surface area contributed by atoms with Gasteiger partial charge in [0.15, 0.2) is 0 Å². The quantitative estimate of drug-likeness (QED) is 0.451. The van der Waals surface area contributed by atoms with E-state index in [0.717, 1.165) is 12.1 Å². The number of aromatic amines is 1. The fraction of sp³-hybridized carbons (Fsp3) is 0.182. The summed E-state index contributed by atoms with van der Waals surface area (Å²) in [6, 6.07) is 9.89. The van der Waals surface area contributed by atoms with Crippen LogP contribution in [-0.4, -0.2) is 34.4 Å². The predicted molar refractivity (Wildman–Crippen MR) is 113 cm³/mol. The van der Waals surface area contributed by atoms with Crippen LogP contribution in [0.4, 0.5) is 24.8 Å². The summed E-state index contributed by atoms with van der Waals surface area (Å²) in [5.41, 5.74) is 0.664. The SMILES string of the molecule is C#CCN(Cc1ccc2nc(NC(C)=O)[nH]c(=O)c2c1)c1ccc(C(=O)C(F)(F)F)cc1. The van der Waals surface area contributed by atoms with Crippen LogP contribution < -0.4 is 15.8 Å². The van der Waals surface area contributed by atoms with Crippen molar-refractivity contribution in [1.82, 2.24) is 9.97 Å². The number of halogens is 3. The minimum atomic E-state index is -4.95. The second kappa shape index (κ2) is 8.93. The van der Waals surface area contributed by atoms with Crippen molar-refractivity contribution < 1.29 is 22.8 Å². The Morgan fingerprint density at radius 2 is 1.88 bits per heavy atom. The Bertz CT molecular complexity index is 1270. The molecule has 0 aliphatic rings. The topological polar surface area (TPSA) is 95.2 Å². The molecular formula is C22H17F3N4O3. The Kier molecular flexibility index (Phi) is 6.30. The first-order valence-electron chi connectivity index (χ1n) is 9.29. The van der Waals surface area contributed by atoms with Crippen molar-refractivity contribution in [3.63, 3.8) is 0 Å². The molecule has 0 bridgehead atoms. The largest absolute Gasteiger partial charge is 0.454 e. The van der Waals surface area contributed by atoms with E-state index in [4.69, 9.17) is 6.42 Å². The first-order chi connectivity index (χ1) is 15.1. The minimum Gasteiger partial charge on any atom is -0.356 e. The summed E-state index contributed by atoms with van der Waals surface area (Å²) in [6.45, 7) is 1.68. The molecule has 0 aliphatic heterocycles. The van der Waals surface area contributed by atoms with Gasteiger partial charge in [0.1, 0.15) is 0 Å². The van der Waals surface area contributed by atoms with E-state index in [0.29, 0.717) is 22.2 Å². The molecule has 0 aliphatic carbocycles. The third-order valence-corrected chi connectivity index (χ3v) is 4.47. The monoisotopic (exact) mass is 442 g/mol. The van der Waals surface area contributed by atoms with Crippen LogP contribution >= 0.6 is 0 Å². The number of benzene rings is 2. The number of nitrogens with one attached hydrogen (secondary N) is 2. The second-order valence-corrected chi connectivity index (χ2v) is 6.88. The van der Waals surface area contributed by atoms with E-state index in [-0.39, 0.29) is 24.9 Å². The molecule has 1 aromatic heterocycles. The van der Waals surface area contributed by atoms with Crippen LogP contribution in [0, 0.1) is 12.3 Å². The molecule has 3 rings (SSSR count). The fourth-order valence-corrected chi connectivity index (χ4v) is 3.07. The maximum atomic E-state index is 12.6. The molecule has 0 atom stereocenters. The Hall–Kier alpha value is -4.13. The van der Waals surface area contributed by atoms with E-state index in [1.54, 1.807) is 23.1 Å². The van der Waals surface area contributed by atoms with Crippen LogP contribution in [0.2, 0.25) is 0 Å². The van der Waals surface area contributed by atoms with E-state index < -0.39 is 23.1 Å². The van der Waals surface area contributed by atoms with Crippen LogP contribution in [0.1, 0.15) is 22.8 Å². The van der Waals surface area contributed by atoms with Gasteiger partial charge in [-0.2, -0.15) is 13.2 Å². The zero-order chi connectivity index (χ0) is 23.5. The highest BCUT2D eigenvalue weighted by atomic mass is 19.4. The van der Waals surface area contributed by atoms with E-state index in [1.165, 1.54) is 19.1 Å². The first-order valence-corrected chi connectivity index (χ1v) is 9.29. The molecule has 2 aromatic carbocycles. The van der Waals surface area contributed by atoms with Gasteiger partial charge in [-0.25, -0.2) is 4.98 Å². The number of rotatable bonds is 6. The molecular weight excluding hydrogens is 425 g/mol. The summed E-state index contributed by atoms with van der Waals surface area (Å²) in [4.78, 5) is 43.3. The van der Waals surface area contributed by atoms with Gasteiger partial charge < -0.3 is 4.90 Å². The molecule has 0 saturated heterocycles. The van der Waals surface area contributed by atoms with E-state index in [2.05, 4.69) is 21.2 Å². The maximum absolute atomic E-state index is 12.6. The molecule has 0 radical (unpaired) electrons. The summed E-state index contributed by atoms with van der Waals surface area (Å²) < 4.78 is 37.8. The lowest BCUT2D eigenvalue weighted by Gasteiger charge is -2.23. The molecule has 10 heteroatoms. The smallest absolute Gasteiger partial charge is 0.356 e. The zero-order valence-corrected chi connectivity index (χ0v) is 16.8. The van der Waals surface area contributed by atoms with Crippen LogP contribution in [0.5, 0.6) is 0 Å². The highest BCUT2D eigenvalue weighted by Gasteiger charge is 2.39. The van der Waals surface area contributed by atoms with Crippen LogP contribution in [-0.2, 0) is 11.3 Å². The maximum Gasteiger partial charge on any atom is 0.454 e. The van der Waals surface area contributed by atoms with Gasteiger partial charge in [0.2, 0.25) is 11.9 Å². The Balaban J connectivity index is 1.88. The number of hydrogen-bond acceptors (Lipinski definition) is 5. The van der Waals surface area contributed by atoms with Gasteiger partial charge in [-0.15, -0.1) is 6.42 Å². The minimum absolute atomic E-state index is 0.0326. The number of fused-ring (bicyclic) bond motifs is 1. The lowest BCUT2D eigenvalue weighted by molar-refractivity contribution is -0.114. The number of amides is 1. The first kappa shape index (κ1) is 22.6. The van der Waals surface area contributed by atoms with Gasteiger partial charge >= 0.3 is 6.18 Å². The molecule has 0 unspecified atom stereocenters. The van der Waals surface area contributed by atoms with Gasteiger partial charge in [0.05, 0.1) is 17.4 Å². The Morgan fingerprint density at radius 1 is 1.19 bits per heavy atom. The number of anilines is 2. The molecule has 1 amide bonds. The Labute approximate surface area is 180 Å². The highest BCUT2D eigenvalue weighted by molar-refractivity contribution is 6.00. The summed E-state index contributed by atoms with van der Waals surface area (Å²) in [5.74, 6) is 0.212. The van der Waals surface area contributed by atoms with Crippen molar-refractivity contribution >= 4 is 34.2 Å². The second-order valence-electron chi connectivity index (χ2n) is 6.88. The predicted octanol–water partition coefficient (Wildman–Crippen LogP) is 3.27. The van der Waals surface area contributed by atoms with E-state index in [9.17, 15) is 27.6 Å². The normalized spacial score (nSPS) is 11.1. The van der Waals surface area contributed by atoms with Gasteiger partial charge in [-0.3, -0.25) is 24.7 Å². The summed E-state index contributed by atoms with van der Waals surface area (Å²) in [6.07, 6.45) is 0.480. The molecule has 2 N–H and O–H groups in total. The average molecular weight is 442 g/mol. The number of carbonyl (C=O) groups is 2. The third kappa shape index (κ3) is 5.13. The van der Waals surface area contributed by atoms with Gasteiger partial charge in [-0.1, -0.05) is 12.0 Å². The summed E-state index contributed by atoms with van der Waals surface area (Å²) >= 11 is 0. The highest BCUT2D eigenvalue weighted by Crippen LogP contribution is 2.24. The van der Waals surface area contributed by atoms with Crippen molar-refractivity contribution in [3.05, 3.63) is 63.9 Å². The molecule has 0 saturated carbocycles. The molecule has 0 fully saturated rings. The van der Waals surface area contributed by atoms with E-state index >= 15 is 0 Å². The average Bonchev–Trinajstić information content (AvgIpc) is 2.72. The number of terminal acetylenes is 1. The lowest BCUT2D eigenvalue weighted by atomic mass is 10.1. The van der Waals surface area contributed by atoms with Crippen molar-refractivity contribution in [2.75, 3.05) is 16.8 Å². The fourth-order valence-electron chi connectivity index (χ4n) is 3.07. The number of Topliss-reactive ketones (excluding diaryl/α,β-unsaturated/α-hetero) is 1. The standard InChI is InChI=1S/C22H17F3N4O3/c1-3-10-29(16-7-5-15(6-8-16)19(31)22(23,24)25)12-14-4-9-18-17(11-14)20(32)28-21(27-18)26-13(2)30/h1,4-9,11H,10,12H2,2H3,(H2,26,27,28,30,32). The van der Waals surface area contributed by atoms with E-state index in [1.807, 2.05) is 0 Å². The zero-order valence-electron chi connectivity index (χ0n) is 16.8. The van der Waals surface area contributed by atoms with Crippen molar-refractivity contribution in [3.8, 4) is 12.3 Å². The molecule has 164 valence electrons. The van der Waals surface area contributed by atoms with Gasteiger partial charge in [0, 0.05) is 24.7 Å². The molecule has 3 aromatic rings. The van der Waals surface area contributed by atoms with Crippen molar-refractivity contribution in [1.29, 1.82) is 0 Å².